The number of hydrogen-bond acceptors (Lipinski definition) is 4. The molecule has 2 fully saturated rings. The highest BCUT2D eigenvalue weighted by Gasteiger charge is 2.36. The summed E-state index contributed by atoms with van der Waals surface area (Å²) in [5.41, 5.74) is 5.93. The van der Waals surface area contributed by atoms with E-state index in [2.05, 4.69) is 0 Å². The Morgan fingerprint density at radius 1 is 1.53 bits per heavy atom. The molecule has 0 unspecified atom stereocenters. The number of carbonyl (C=O) groups excluding carboxylic acids is 1. The standard InChI is InChI=1S/C10H18N2O2S/c11-9(7-2-1-3-8(7)13)10(14)12-4-5-15-6-12/h7-9,13H,1-6,11H2/t7-,8+,9+/m1/s1. The summed E-state index contributed by atoms with van der Waals surface area (Å²) in [6.07, 6.45) is 2.29. The molecule has 86 valence electrons. The van der Waals surface area contributed by atoms with E-state index >= 15 is 0 Å². The maximum absolute atomic E-state index is 12.0. The van der Waals surface area contributed by atoms with E-state index < -0.39 is 6.04 Å². The van der Waals surface area contributed by atoms with Gasteiger partial charge in [0, 0.05) is 18.2 Å². The van der Waals surface area contributed by atoms with Gasteiger partial charge in [0.15, 0.2) is 0 Å². The zero-order chi connectivity index (χ0) is 10.8. The number of thioether (sulfide) groups is 1. The fourth-order valence-corrected chi connectivity index (χ4v) is 3.33. The zero-order valence-corrected chi connectivity index (χ0v) is 9.58. The van der Waals surface area contributed by atoms with Crippen LogP contribution in [0.2, 0.25) is 0 Å². The number of rotatable bonds is 2. The lowest BCUT2D eigenvalue weighted by atomic mass is 9.96. The SMILES string of the molecule is N[C@H](C(=O)N1CCSC1)[C@@H]1CCC[C@@H]1O. The summed E-state index contributed by atoms with van der Waals surface area (Å²) in [7, 11) is 0. The van der Waals surface area contributed by atoms with Gasteiger partial charge in [-0.25, -0.2) is 0 Å². The third-order valence-electron chi connectivity index (χ3n) is 3.34. The topological polar surface area (TPSA) is 66.6 Å². The van der Waals surface area contributed by atoms with Crippen molar-refractivity contribution in [3.05, 3.63) is 0 Å². The molecular formula is C10H18N2O2S. The molecule has 3 N–H and O–H groups in total. The largest absolute Gasteiger partial charge is 0.393 e. The highest BCUT2D eigenvalue weighted by atomic mass is 32.2. The van der Waals surface area contributed by atoms with Gasteiger partial charge < -0.3 is 15.7 Å². The van der Waals surface area contributed by atoms with Gasteiger partial charge in [-0.15, -0.1) is 11.8 Å². The van der Waals surface area contributed by atoms with Crippen LogP contribution >= 0.6 is 11.8 Å². The maximum atomic E-state index is 12.0. The lowest BCUT2D eigenvalue weighted by Crippen LogP contribution is -2.48. The Hall–Kier alpha value is -0.260. The van der Waals surface area contributed by atoms with Crippen LogP contribution in [-0.2, 0) is 4.79 Å². The summed E-state index contributed by atoms with van der Waals surface area (Å²) in [6.45, 7) is 0.806. The Morgan fingerprint density at radius 3 is 2.87 bits per heavy atom. The molecule has 1 aliphatic carbocycles. The van der Waals surface area contributed by atoms with Crippen LogP contribution in [0.25, 0.3) is 0 Å². The van der Waals surface area contributed by atoms with Crippen LogP contribution < -0.4 is 5.73 Å². The number of nitrogens with zero attached hydrogens (tertiary/aromatic N) is 1. The van der Waals surface area contributed by atoms with E-state index in [1.807, 2.05) is 0 Å². The molecule has 2 rings (SSSR count). The van der Waals surface area contributed by atoms with E-state index in [0.29, 0.717) is 0 Å². The van der Waals surface area contributed by atoms with Crippen LogP contribution in [-0.4, -0.2) is 46.2 Å². The molecule has 1 saturated heterocycles. The first-order chi connectivity index (χ1) is 7.20. The molecule has 0 radical (unpaired) electrons. The summed E-state index contributed by atoms with van der Waals surface area (Å²) in [5, 5.41) is 9.70. The molecule has 0 aromatic heterocycles. The van der Waals surface area contributed by atoms with Gasteiger partial charge in [0.25, 0.3) is 0 Å². The van der Waals surface area contributed by atoms with Gasteiger partial charge in [-0.3, -0.25) is 4.79 Å². The zero-order valence-electron chi connectivity index (χ0n) is 8.76. The normalized spacial score (nSPS) is 33.3. The highest BCUT2D eigenvalue weighted by molar-refractivity contribution is 7.99. The fraction of sp³-hybridized carbons (Fsp3) is 0.900. The molecule has 1 saturated carbocycles. The first-order valence-electron chi connectivity index (χ1n) is 5.50. The lowest BCUT2D eigenvalue weighted by Gasteiger charge is -2.25. The van der Waals surface area contributed by atoms with Crippen molar-refractivity contribution in [1.82, 2.24) is 4.90 Å². The van der Waals surface area contributed by atoms with Gasteiger partial charge in [-0.2, -0.15) is 0 Å². The van der Waals surface area contributed by atoms with Gasteiger partial charge in [0.1, 0.15) is 0 Å². The molecule has 1 aliphatic heterocycles. The smallest absolute Gasteiger partial charge is 0.240 e. The van der Waals surface area contributed by atoms with E-state index in [4.69, 9.17) is 5.73 Å². The van der Waals surface area contributed by atoms with Gasteiger partial charge >= 0.3 is 0 Å². The molecule has 4 nitrogen and oxygen atoms in total. The summed E-state index contributed by atoms with van der Waals surface area (Å²) in [4.78, 5) is 13.8. The van der Waals surface area contributed by atoms with E-state index in [1.54, 1.807) is 16.7 Å². The number of amides is 1. The molecule has 0 spiro atoms. The summed E-state index contributed by atoms with van der Waals surface area (Å²) < 4.78 is 0. The van der Waals surface area contributed by atoms with Gasteiger partial charge in [0.05, 0.1) is 18.0 Å². The molecule has 15 heavy (non-hydrogen) atoms. The molecule has 1 amide bonds. The first-order valence-corrected chi connectivity index (χ1v) is 6.66. The minimum Gasteiger partial charge on any atom is -0.393 e. The maximum Gasteiger partial charge on any atom is 0.240 e. The molecule has 3 atom stereocenters. The molecule has 0 aromatic rings. The second kappa shape index (κ2) is 4.72. The number of hydrogen-bond donors (Lipinski definition) is 2. The van der Waals surface area contributed by atoms with E-state index in [1.165, 1.54) is 0 Å². The number of aliphatic hydroxyl groups excluding tert-OH is 1. The fourth-order valence-electron chi connectivity index (χ4n) is 2.37. The summed E-state index contributed by atoms with van der Waals surface area (Å²) in [5.74, 6) is 1.76. The Kier molecular flexibility index (Phi) is 3.53. The van der Waals surface area contributed by atoms with Crippen molar-refractivity contribution in [2.75, 3.05) is 18.2 Å². The third-order valence-corrected chi connectivity index (χ3v) is 4.31. The Morgan fingerprint density at radius 2 is 2.33 bits per heavy atom. The predicted octanol–water partition coefficient (Wildman–Crippen LogP) is 0.00760. The van der Waals surface area contributed by atoms with Crippen LogP contribution in [0.4, 0.5) is 0 Å². The van der Waals surface area contributed by atoms with E-state index in [-0.39, 0.29) is 17.9 Å². The highest BCUT2D eigenvalue weighted by Crippen LogP contribution is 2.29. The minimum atomic E-state index is -0.499. The van der Waals surface area contributed by atoms with Crippen LogP contribution in [0.3, 0.4) is 0 Å². The third kappa shape index (κ3) is 2.29. The van der Waals surface area contributed by atoms with Crippen molar-refractivity contribution in [3.8, 4) is 0 Å². The molecular weight excluding hydrogens is 212 g/mol. The number of nitrogens with two attached hydrogens (primary N) is 1. The van der Waals surface area contributed by atoms with Crippen molar-refractivity contribution >= 4 is 17.7 Å². The quantitative estimate of drug-likeness (QED) is 0.701. The average Bonchev–Trinajstić information content (AvgIpc) is 2.85. The van der Waals surface area contributed by atoms with Crippen molar-refractivity contribution in [3.63, 3.8) is 0 Å². The second-order valence-electron chi connectivity index (χ2n) is 4.33. The molecule has 2 aliphatic rings. The van der Waals surface area contributed by atoms with Crippen LogP contribution in [0.15, 0.2) is 0 Å². The first kappa shape index (κ1) is 11.2. The molecule has 0 bridgehead atoms. The van der Waals surface area contributed by atoms with Crippen molar-refractivity contribution < 1.29 is 9.90 Å². The van der Waals surface area contributed by atoms with Gasteiger partial charge in [0.2, 0.25) is 5.91 Å². The Labute approximate surface area is 94.2 Å². The van der Waals surface area contributed by atoms with E-state index in [9.17, 15) is 9.90 Å². The predicted molar refractivity (Wildman–Crippen MR) is 60.4 cm³/mol. The van der Waals surface area contributed by atoms with Crippen LogP contribution in [0.5, 0.6) is 0 Å². The van der Waals surface area contributed by atoms with Crippen LogP contribution in [0, 0.1) is 5.92 Å². The van der Waals surface area contributed by atoms with E-state index in [0.717, 1.165) is 37.4 Å². The monoisotopic (exact) mass is 230 g/mol. The molecule has 5 heteroatoms. The van der Waals surface area contributed by atoms with Crippen LogP contribution in [0.1, 0.15) is 19.3 Å². The Balaban J connectivity index is 1.94. The van der Waals surface area contributed by atoms with Crippen molar-refractivity contribution in [1.29, 1.82) is 0 Å². The number of aliphatic hydroxyl groups is 1. The van der Waals surface area contributed by atoms with Gasteiger partial charge in [-0.05, 0) is 12.8 Å². The van der Waals surface area contributed by atoms with Gasteiger partial charge in [-0.1, -0.05) is 6.42 Å². The molecule has 1 heterocycles. The summed E-state index contributed by atoms with van der Waals surface area (Å²) in [6, 6.07) is -0.499. The average molecular weight is 230 g/mol. The molecule has 0 aromatic carbocycles. The second-order valence-corrected chi connectivity index (χ2v) is 5.40. The Bertz CT molecular complexity index is 244. The summed E-state index contributed by atoms with van der Waals surface area (Å²) >= 11 is 1.76. The minimum absolute atomic E-state index is 0.0194. The van der Waals surface area contributed by atoms with Crippen molar-refractivity contribution in [2.24, 2.45) is 11.7 Å². The van der Waals surface area contributed by atoms with Crippen molar-refractivity contribution in [2.45, 2.75) is 31.4 Å². The lowest BCUT2D eigenvalue weighted by molar-refractivity contribution is -0.133. The number of carbonyl (C=O) groups is 1.